The first-order valence-corrected chi connectivity index (χ1v) is 6.10. The number of aliphatic carboxylic acids is 1. The van der Waals surface area contributed by atoms with Crippen molar-refractivity contribution >= 4 is 33.6 Å². The van der Waals surface area contributed by atoms with Crippen LogP contribution < -0.4 is 10.6 Å². The lowest BCUT2D eigenvalue weighted by Gasteiger charge is -2.09. The van der Waals surface area contributed by atoms with E-state index >= 15 is 0 Å². The first-order valence-electron chi connectivity index (χ1n) is 5.31. The average Bonchev–Trinajstić information content (AvgIpc) is 2.32. The predicted octanol–water partition coefficient (Wildman–Crippen LogP) is 1.55. The van der Waals surface area contributed by atoms with E-state index in [0.717, 1.165) is 0 Å². The van der Waals surface area contributed by atoms with Gasteiger partial charge >= 0.3 is 12.0 Å². The van der Waals surface area contributed by atoms with Gasteiger partial charge in [-0.15, -0.1) is 0 Å². The van der Waals surface area contributed by atoms with Crippen molar-refractivity contribution in [1.29, 1.82) is 0 Å². The molecule has 6 nitrogen and oxygen atoms in total. The van der Waals surface area contributed by atoms with Crippen LogP contribution in [0.4, 0.5) is 14.9 Å². The molecule has 0 bridgehead atoms. The van der Waals surface area contributed by atoms with Gasteiger partial charge in [0.15, 0.2) is 6.10 Å². The first-order chi connectivity index (χ1) is 8.90. The second-order valence-corrected chi connectivity index (χ2v) is 4.56. The molecule has 1 aromatic rings. The molecule has 0 spiro atoms. The van der Waals surface area contributed by atoms with Crippen LogP contribution in [-0.4, -0.2) is 34.9 Å². The van der Waals surface area contributed by atoms with E-state index in [4.69, 9.17) is 10.2 Å². The van der Waals surface area contributed by atoms with Crippen molar-refractivity contribution < 1.29 is 24.2 Å². The number of hydrogen-bond donors (Lipinski definition) is 4. The summed E-state index contributed by atoms with van der Waals surface area (Å²) in [6.07, 6.45) is -1.67. The molecule has 1 unspecified atom stereocenters. The van der Waals surface area contributed by atoms with Crippen molar-refractivity contribution in [2.24, 2.45) is 0 Å². The quantitative estimate of drug-likeness (QED) is 0.656. The Morgan fingerprint density at radius 1 is 1.42 bits per heavy atom. The lowest BCUT2D eigenvalue weighted by atomic mass is 10.2. The topological polar surface area (TPSA) is 98.7 Å². The number of nitrogens with one attached hydrogen (secondary N) is 2. The van der Waals surface area contributed by atoms with Crippen molar-refractivity contribution in [2.45, 2.75) is 12.5 Å². The fourth-order valence-electron chi connectivity index (χ4n) is 1.20. The summed E-state index contributed by atoms with van der Waals surface area (Å²) in [7, 11) is 0. The van der Waals surface area contributed by atoms with Crippen LogP contribution in [0.15, 0.2) is 22.7 Å². The molecule has 2 amide bonds. The molecule has 0 fully saturated rings. The molecule has 19 heavy (non-hydrogen) atoms. The van der Waals surface area contributed by atoms with Gasteiger partial charge in [-0.2, -0.15) is 0 Å². The molecule has 0 radical (unpaired) electrons. The molecule has 1 atom stereocenters. The number of amides is 2. The Balaban J connectivity index is 2.41. The molecule has 0 saturated heterocycles. The molecule has 8 heteroatoms. The molecule has 0 heterocycles. The van der Waals surface area contributed by atoms with Gasteiger partial charge in [0.05, 0.1) is 5.69 Å². The summed E-state index contributed by atoms with van der Waals surface area (Å²) in [4.78, 5) is 21.7. The van der Waals surface area contributed by atoms with Crippen LogP contribution in [0.25, 0.3) is 0 Å². The highest BCUT2D eigenvalue weighted by molar-refractivity contribution is 9.10. The summed E-state index contributed by atoms with van der Waals surface area (Å²) in [5.41, 5.74) is -0.000479. The Hall–Kier alpha value is -1.67. The van der Waals surface area contributed by atoms with E-state index in [2.05, 4.69) is 26.6 Å². The number of aliphatic hydroxyl groups is 1. The fourth-order valence-corrected chi connectivity index (χ4v) is 1.54. The van der Waals surface area contributed by atoms with Crippen LogP contribution in [0.1, 0.15) is 6.42 Å². The van der Waals surface area contributed by atoms with Gasteiger partial charge in [-0.3, -0.25) is 0 Å². The zero-order chi connectivity index (χ0) is 14.4. The molecule has 0 saturated carbocycles. The molecule has 0 aliphatic rings. The van der Waals surface area contributed by atoms with E-state index < -0.39 is 23.9 Å². The molecule has 104 valence electrons. The number of carbonyl (C=O) groups is 2. The Labute approximate surface area is 116 Å². The van der Waals surface area contributed by atoms with Crippen LogP contribution in [0.3, 0.4) is 0 Å². The molecular formula is C11H12BrFN2O4. The summed E-state index contributed by atoms with van der Waals surface area (Å²) in [5, 5.41) is 22.0. The van der Waals surface area contributed by atoms with Gasteiger partial charge in [0.2, 0.25) is 0 Å². The molecule has 1 rings (SSSR count). The number of carboxylic acids is 1. The molecular weight excluding hydrogens is 323 g/mol. The van der Waals surface area contributed by atoms with Crippen molar-refractivity contribution in [2.75, 3.05) is 11.9 Å². The van der Waals surface area contributed by atoms with E-state index in [1.165, 1.54) is 12.1 Å². The number of anilines is 1. The number of carboxylic acid groups (broad SMARTS) is 1. The van der Waals surface area contributed by atoms with Gasteiger partial charge in [0.1, 0.15) is 5.82 Å². The lowest BCUT2D eigenvalue weighted by molar-refractivity contribution is -0.146. The lowest BCUT2D eigenvalue weighted by Crippen LogP contribution is -2.33. The van der Waals surface area contributed by atoms with E-state index in [9.17, 15) is 14.0 Å². The van der Waals surface area contributed by atoms with Crippen LogP contribution in [0.2, 0.25) is 0 Å². The number of carbonyl (C=O) groups excluding carboxylic acids is 1. The van der Waals surface area contributed by atoms with E-state index in [1.54, 1.807) is 6.07 Å². The number of urea groups is 1. The Morgan fingerprint density at radius 2 is 2.11 bits per heavy atom. The van der Waals surface area contributed by atoms with Gasteiger partial charge < -0.3 is 20.8 Å². The van der Waals surface area contributed by atoms with E-state index in [0.29, 0.717) is 4.47 Å². The highest BCUT2D eigenvalue weighted by Gasteiger charge is 2.13. The molecule has 4 N–H and O–H groups in total. The number of benzene rings is 1. The third-order valence-electron chi connectivity index (χ3n) is 2.17. The third kappa shape index (κ3) is 5.23. The summed E-state index contributed by atoms with van der Waals surface area (Å²) >= 11 is 3.08. The molecule has 0 aromatic heterocycles. The predicted molar refractivity (Wildman–Crippen MR) is 69.4 cm³/mol. The number of aliphatic hydroxyl groups excluding tert-OH is 1. The summed E-state index contributed by atoms with van der Waals surface area (Å²) in [5.74, 6) is -1.96. The van der Waals surface area contributed by atoms with Gasteiger partial charge in [-0.25, -0.2) is 14.0 Å². The minimum atomic E-state index is -1.54. The molecule has 0 aliphatic carbocycles. The Kier molecular flexibility index (Phi) is 5.71. The van der Waals surface area contributed by atoms with Crippen molar-refractivity contribution in [3.05, 3.63) is 28.5 Å². The number of rotatable bonds is 5. The van der Waals surface area contributed by atoms with E-state index in [-0.39, 0.29) is 18.7 Å². The second-order valence-electron chi connectivity index (χ2n) is 3.65. The summed E-state index contributed by atoms with van der Waals surface area (Å²) < 4.78 is 13.9. The highest BCUT2D eigenvalue weighted by atomic mass is 79.9. The number of hydrogen-bond acceptors (Lipinski definition) is 3. The van der Waals surface area contributed by atoms with Crippen molar-refractivity contribution in [3.8, 4) is 0 Å². The molecule has 1 aromatic carbocycles. The summed E-state index contributed by atoms with van der Waals surface area (Å²) in [6.45, 7) is -0.0442. The Morgan fingerprint density at radius 3 is 2.68 bits per heavy atom. The second kappa shape index (κ2) is 7.05. The van der Waals surface area contributed by atoms with Crippen molar-refractivity contribution in [3.63, 3.8) is 0 Å². The normalized spacial score (nSPS) is 11.7. The third-order valence-corrected chi connectivity index (χ3v) is 2.66. The van der Waals surface area contributed by atoms with Crippen LogP contribution in [0, 0.1) is 5.82 Å². The van der Waals surface area contributed by atoms with Gasteiger partial charge in [0, 0.05) is 17.4 Å². The minimum absolute atomic E-state index is 0.000479. The van der Waals surface area contributed by atoms with Gasteiger partial charge in [0.25, 0.3) is 0 Å². The SMILES string of the molecule is O=C(NCCC(O)C(=O)O)Nc1ccc(Br)cc1F. The Bertz CT molecular complexity index is 484. The zero-order valence-electron chi connectivity index (χ0n) is 9.69. The monoisotopic (exact) mass is 334 g/mol. The largest absolute Gasteiger partial charge is 0.479 e. The van der Waals surface area contributed by atoms with Crippen molar-refractivity contribution in [1.82, 2.24) is 5.32 Å². The standard InChI is InChI=1S/C11H12BrFN2O4/c12-6-1-2-8(7(13)5-6)15-11(19)14-4-3-9(16)10(17)18/h1-2,5,9,16H,3-4H2,(H,17,18)(H2,14,15,19). The maximum Gasteiger partial charge on any atom is 0.332 e. The zero-order valence-corrected chi connectivity index (χ0v) is 11.3. The van der Waals surface area contributed by atoms with Crippen LogP contribution in [0.5, 0.6) is 0 Å². The summed E-state index contributed by atoms with van der Waals surface area (Å²) in [6, 6.07) is 3.46. The maximum atomic E-state index is 13.4. The van der Waals surface area contributed by atoms with Gasteiger partial charge in [-0.05, 0) is 18.2 Å². The minimum Gasteiger partial charge on any atom is -0.479 e. The first kappa shape index (κ1) is 15.4. The average molecular weight is 335 g/mol. The van der Waals surface area contributed by atoms with Crippen LogP contribution >= 0.6 is 15.9 Å². The number of halogens is 2. The van der Waals surface area contributed by atoms with E-state index in [1.807, 2.05) is 0 Å². The van der Waals surface area contributed by atoms with Gasteiger partial charge in [-0.1, -0.05) is 15.9 Å². The fraction of sp³-hybridized carbons (Fsp3) is 0.273. The highest BCUT2D eigenvalue weighted by Crippen LogP contribution is 2.19. The molecule has 0 aliphatic heterocycles. The maximum absolute atomic E-state index is 13.4. The van der Waals surface area contributed by atoms with Crippen LogP contribution in [-0.2, 0) is 4.79 Å². The smallest absolute Gasteiger partial charge is 0.332 e.